The van der Waals surface area contributed by atoms with Crippen molar-refractivity contribution in [2.45, 2.75) is 24.3 Å². The minimum Gasteiger partial charge on any atom is -0.345 e. The standard InChI is InChI=1S/C21H26ClN3O3S/c1-3-20(16-7-5-4-6-8-16)23-21(26)18-15-17(9-10-19(18)22)29(27,28)25-13-11-24(2)12-14-25/h4-10,15,20H,3,11-14H2,1-2H3,(H,23,26). The molecule has 0 radical (unpaired) electrons. The van der Waals surface area contributed by atoms with Crippen LogP contribution in [0.15, 0.2) is 53.4 Å². The molecular weight excluding hydrogens is 410 g/mol. The fourth-order valence-electron chi connectivity index (χ4n) is 3.36. The van der Waals surface area contributed by atoms with Gasteiger partial charge < -0.3 is 10.2 Å². The van der Waals surface area contributed by atoms with Gasteiger partial charge in [0.05, 0.1) is 21.5 Å². The van der Waals surface area contributed by atoms with Gasteiger partial charge in [0.25, 0.3) is 5.91 Å². The summed E-state index contributed by atoms with van der Waals surface area (Å²) >= 11 is 6.24. The molecule has 1 aliphatic heterocycles. The van der Waals surface area contributed by atoms with Gasteiger partial charge in [0.15, 0.2) is 0 Å². The van der Waals surface area contributed by atoms with Gasteiger partial charge in [-0.25, -0.2) is 8.42 Å². The molecule has 29 heavy (non-hydrogen) atoms. The minimum atomic E-state index is -3.68. The van der Waals surface area contributed by atoms with E-state index in [1.165, 1.54) is 22.5 Å². The van der Waals surface area contributed by atoms with Crippen LogP contribution in [-0.2, 0) is 10.0 Å². The van der Waals surface area contributed by atoms with Crippen molar-refractivity contribution in [2.75, 3.05) is 33.2 Å². The van der Waals surface area contributed by atoms with E-state index in [0.717, 1.165) is 5.56 Å². The summed E-state index contributed by atoms with van der Waals surface area (Å²) in [7, 11) is -1.71. The topological polar surface area (TPSA) is 69.7 Å². The molecular formula is C21H26ClN3O3S. The van der Waals surface area contributed by atoms with Gasteiger partial charge >= 0.3 is 0 Å². The molecule has 1 fully saturated rings. The number of amides is 1. The maximum atomic E-state index is 13.0. The molecule has 8 heteroatoms. The van der Waals surface area contributed by atoms with Gasteiger partial charge in [0.1, 0.15) is 0 Å². The fraction of sp³-hybridized carbons (Fsp3) is 0.381. The van der Waals surface area contributed by atoms with E-state index in [9.17, 15) is 13.2 Å². The number of sulfonamides is 1. The van der Waals surface area contributed by atoms with Gasteiger partial charge in [-0.05, 0) is 37.2 Å². The SMILES string of the molecule is CCC(NC(=O)c1cc(S(=O)(=O)N2CCN(C)CC2)ccc1Cl)c1ccccc1. The lowest BCUT2D eigenvalue weighted by Crippen LogP contribution is -2.47. The Bertz CT molecular complexity index is 958. The first-order chi connectivity index (χ1) is 13.8. The molecule has 1 unspecified atom stereocenters. The van der Waals surface area contributed by atoms with Crippen LogP contribution in [0.1, 0.15) is 35.3 Å². The number of hydrogen-bond acceptors (Lipinski definition) is 4. The Labute approximate surface area is 177 Å². The number of piperazine rings is 1. The first kappa shape index (κ1) is 21.8. The molecule has 0 aliphatic carbocycles. The largest absolute Gasteiger partial charge is 0.345 e. The quantitative estimate of drug-likeness (QED) is 0.756. The van der Waals surface area contributed by atoms with Crippen molar-refractivity contribution in [1.82, 2.24) is 14.5 Å². The van der Waals surface area contributed by atoms with Crippen molar-refractivity contribution in [1.29, 1.82) is 0 Å². The number of nitrogens with zero attached hydrogens (tertiary/aromatic N) is 2. The van der Waals surface area contributed by atoms with Crippen LogP contribution >= 0.6 is 11.6 Å². The van der Waals surface area contributed by atoms with Crippen LogP contribution in [-0.4, -0.2) is 56.8 Å². The molecule has 1 aliphatic rings. The molecule has 0 bridgehead atoms. The van der Waals surface area contributed by atoms with Gasteiger partial charge in [-0.15, -0.1) is 0 Å². The second kappa shape index (κ2) is 9.26. The van der Waals surface area contributed by atoms with Gasteiger partial charge in [-0.1, -0.05) is 48.9 Å². The highest BCUT2D eigenvalue weighted by molar-refractivity contribution is 7.89. The highest BCUT2D eigenvalue weighted by Crippen LogP contribution is 2.25. The van der Waals surface area contributed by atoms with Crippen LogP contribution in [0, 0.1) is 0 Å². The highest BCUT2D eigenvalue weighted by atomic mass is 35.5. The number of likely N-dealkylation sites (N-methyl/N-ethyl adjacent to an activating group) is 1. The number of benzene rings is 2. The van der Waals surface area contributed by atoms with Gasteiger partial charge in [0, 0.05) is 26.2 Å². The maximum absolute atomic E-state index is 13.0. The van der Waals surface area contributed by atoms with Crippen LogP contribution in [0.5, 0.6) is 0 Å². The minimum absolute atomic E-state index is 0.0874. The predicted octanol–water partition coefficient (Wildman–Crippen LogP) is 3.16. The van der Waals surface area contributed by atoms with E-state index in [-0.39, 0.29) is 27.4 Å². The van der Waals surface area contributed by atoms with Crippen LogP contribution < -0.4 is 5.32 Å². The average molecular weight is 436 g/mol. The zero-order valence-corrected chi connectivity index (χ0v) is 18.2. The van der Waals surface area contributed by atoms with E-state index >= 15 is 0 Å². The Hall–Kier alpha value is -1.93. The summed E-state index contributed by atoms with van der Waals surface area (Å²) in [6.07, 6.45) is 0.701. The van der Waals surface area contributed by atoms with Crippen molar-refractivity contribution in [2.24, 2.45) is 0 Å². The zero-order valence-electron chi connectivity index (χ0n) is 16.6. The smallest absolute Gasteiger partial charge is 0.253 e. The van der Waals surface area contributed by atoms with Crippen molar-refractivity contribution < 1.29 is 13.2 Å². The summed E-state index contributed by atoms with van der Waals surface area (Å²) in [5, 5.41) is 3.19. The molecule has 1 heterocycles. The Morgan fingerprint density at radius 1 is 1.10 bits per heavy atom. The molecule has 0 aromatic heterocycles. The molecule has 1 atom stereocenters. The molecule has 1 saturated heterocycles. The third-order valence-electron chi connectivity index (χ3n) is 5.20. The van der Waals surface area contributed by atoms with Gasteiger partial charge in [-0.3, -0.25) is 4.79 Å². The molecule has 156 valence electrons. The summed E-state index contributed by atoms with van der Waals surface area (Å²) in [6.45, 7) is 4.18. The number of hydrogen-bond donors (Lipinski definition) is 1. The Kier molecular flexibility index (Phi) is 6.95. The Balaban J connectivity index is 1.84. The van der Waals surface area contributed by atoms with Crippen LogP contribution in [0.3, 0.4) is 0 Å². The molecule has 1 N–H and O–H groups in total. The normalized spacial score (nSPS) is 17.1. The lowest BCUT2D eigenvalue weighted by molar-refractivity contribution is 0.0935. The molecule has 2 aromatic carbocycles. The Morgan fingerprint density at radius 3 is 2.38 bits per heavy atom. The van der Waals surface area contributed by atoms with E-state index in [0.29, 0.717) is 32.6 Å². The van der Waals surface area contributed by atoms with E-state index in [2.05, 4.69) is 10.2 Å². The van der Waals surface area contributed by atoms with E-state index in [4.69, 9.17) is 11.6 Å². The highest BCUT2D eigenvalue weighted by Gasteiger charge is 2.28. The van der Waals surface area contributed by atoms with E-state index in [1.807, 2.05) is 44.3 Å². The summed E-state index contributed by atoms with van der Waals surface area (Å²) < 4.78 is 27.5. The van der Waals surface area contributed by atoms with Crippen LogP contribution in [0.25, 0.3) is 0 Å². The molecule has 6 nitrogen and oxygen atoms in total. The zero-order chi connectivity index (χ0) is 21.0. The third kappa shape index (κ3) is 4.98. The summed E-state index contributed by atoms with van der Waals surface area (Å²) in [5.41, 5.74) is 1.15. The third-order valence-corrected chi connectivity index (χ3v) is 7.42. The second-order valence-corrected chi connectivity index (χ2v) is 9.54. The number of halogens is 1. The monoisotopic (exact) mass is 435 g/mol. The number of rotatable bonds is 6. The molecule has 0 saturated carbocycles. The van der Waals surface area contributed by atoms with Crippen LogP contribution in [0.4, 0.5) is 0 Å². The fourth-order valence-corrected chi connectivity index (χ4v) is 5.01. The summed E-state index contributed by atoms with van der Waals surface area (Å²) in [5.74, 6) is -0.388. The second-order valence-electron chi connectivity index (χ2n) is 7.19. The van der Waals surface area contributed by atoms with Crippen molar-refractivity contribution in [3.05, 3.63) is 64.7 Å². The van der Waals surface area contributed by atoms with E-state index in [1.54, 1.807) is 0 Å². The number of nitrogens with one attached hydrogen (secondary N) is 1. The summed E-state index contributed by atoms with van der Waals surface area (Å²) in [4.78, 5) is 15.1. The van der Waals surface area contributed by atoms with E-state index < -0.39 is 10.0 Å². The molecule has 1 amide bonds. The van der Waals surface area contributed by atoms with Gasteiger partial charge in [-0.2, -0.15) is 4.31 Å². The first-order valence-corrected chi connectivity index (χ1v) is 11.5. The van der Waals surface area contributed by atoms with Crippen molar-refractivity contribution in [3.63, 3.8) is 0 Å². The maximum Gasteiger partial charge on any atom is 0.253 e. The first-order valence-electron chi connectivity index (χ1n) is 9.67. The molecule has 0 spiro atoms. The number of carbonyl (C=O) groups excluding carboxylic acids is 1. The summed E-state index contributed by atoms with van der Waals surface area (Å²) in [6, 6.07) is 13.8. The number of carbonyl (C=O) groups is 1. The molecule has 2 aromatic rings. The molecule has 3 rings (SSSR count). The predicted molar refractivity (Wildman–Crippen MR) is 115 cm³/mol. The van der Waals surface area contributed by atoms with Crippen molar-refractivity contribution >= 4 is 27.5 Å². The lowest BCUT2D eigenvalue weighted by Gasteiger charge is -2.31. The lowest BCUT2D eigenvalue weighted by atomic mass is 10.0. The van der Waals surface area contributed by atoms with Gasteiger partial charge in [0.2, 0.25) is 10.0 Å². The van der Waals surface area contributed by atoms with Crippen molar-refractivity contribution in [3.8, 4) is 0 Å². The van der Waals surface area contributed by atoms with Crippen LogP contribution in [0.2, 0.25) is 5.02 Å². The Morgan fingerprint density at radius 2 is 1.76 bits per heavy atom. The average Bonchev–Trinajstić information content (AvgIpc) is 2.73.